The first-order valence-corrected chi connectivity index (χ1v) is 9.17. The predicted octanol–water partition coefficient (Wildman–Crippen LogP) is 3.34. The molecule has 2 aromatic carbocycles. The molecule has 0 saturated carbocycles. The fourth-order valence-electron chi connectivity index (χ4n) is 3.00. The summed E-state index contributed by atoms with van der Waals surface area (Å²) in [5.41, 5.74) is 1.84. The van der Waals surface area contributed by atoms with Crippen LogP contribution in [0.4, 0.5) is 5.69 Å². The number of aromatic hydroxyl groups is 1. The van der Waals surface area contributed by atoms with E-state index >= 15 is 0 Å². The van der Waals surface area contributed by atoms with Gasteiger partial charge in [-0.25, -0.2) is 0 Å². The Morgan fingerprint density at radius 2 is 1.86 bits per heavy atom. The third kappa shape index (κ3) is 4.60. The molecule has 0 bridgehead atoms. The molecule has 8 heteroatoms. The Labute approximate surface area is 167 Å². The van der Waals surface area contributed by atoms with E-state index in [9.17, 15) is 14.7 Å². The standard InChI is InChI=1S/C21H22N4O4/c1-3-25-17-7-5-4-6-16(17)20(21(25)28)24-23-19(27)13-22-18(26)12-14-8-10-15(29-2)11-9-14/h4-11,28H,3,12-13H2,1-2H3,(H,22,26). The van der Waals surface area contributed by atoms with Crippen LogP contribution in [0.15, 0.2) is 58.8 Å². The van der Waals surface area contributed by atoms with Crippen molar-refractivity contribution in [1.82, 2.24) is 9.88 Å². The summed E-state index contributed by atoms with van der Waals surface area (Å²) >= 11 is 0. The van der Waals surface area contributed by atoms with Crippen LogP contribution < -0.4 is 10.1 Å². The minimum absolute atomic E-state index is 0.0474. The number of para-hydroxylation sites is 1. The number of carbonyl (C=O) groups is 2. The number of aryl methyl sites for hydroxylation is 1. The van der Waals surface area contributed by atoms with Gasteiger partial charge in [0.1, 0.15) is 12.3 Å². The van der Waals surface area contributed by atoms with E-state index in [4.69, 9.17) is 4.74 Å². The maximum absolute atomic E-state index is 12.0. The third-order valence-corrected chi connectivity index (χ3v) is 4.46. The molecule has 0 atom stereocenters. The molecular weight excluding hydrogens is 372 g/mol. The molecule has 8 nitrogen and oxygen atoms in total. The summed E-state index contributed by atoms with van der Waals surface area (Å²) in [6.07, 6.45) is 0.138. The highest BCUT2D eigenvalue weighted by atomic mass is 16.5. The van der Waals surface area contributed by atoms with E-state index in [1.807, 2.05) is 25.1 Å². The van der Waals surface area contributed by atoms with Gasteiger partial charge in [-0.15, -0.1) is 10.2 Å². The molecule has 1 aromatic heterocycles. The molecule has 0 saturated heterocycles. The van der Waals surface area contributed by atoms with Crippen molar-refractivity contribution in [3.63, 3.8) is 0 Å². The molecule has 0 aliphatic heterocycles. The summed E-state index contributed by atoms with van der Waals surface area (Å²) in [5.74, 6) is -0.254. The molecule has 2 amide bonds. The number of amides is 2. The van der Waals surface area contributed by atoms with Crippen molar-refractivity contribution in [2.24, 2.45) is 10.2 Å². The molecule has 0 fully saturated rings. The Morgan fingerprint density at radius 3 is 2.55 bits per heavy atom. The van der Waals surface area contributed by atoms with Gasteiger partial charge in [0.15, 0.2) is 5.69 Å². The fraction of sp³-hybridized carbons (Fsp3) is 0.238. The van der Waals surface area contributed by atoms with E-state index in [0.29, 0.717) is 17.7 Å². The summed E-state index contributed by atoms with van der Waals surface area (Å²) in [6, 6.07) is 14.4. The number of hydrogen-bond donors (Lipinski definition) is 2. The number of aromatic nitrogens is 1. The largest absolute Gasteiger partial charge is 0.497 e. The number of nitrogens with zero attached hydrogens (tertiary/aromatic N) is 3. The van der Waals surface area contributed by atoms with E-state index in [1.165, 1.54) is 0 Å². The van der Waals surface area contributed by atoms with Crippen molar-refractivity contribution in [2.45, 2.75) is 19.9 Å². The van der Waals surface area contributed by atoms with Crippen LogP contribution in [0.2, 0.25) is 0 Å². The molecule has 29 heavy (non-hydrogen) atoms. The summed E-state index contributed by atoms with van der Waals surface area (Å²) in [7, 11) is 1.57. The number of carbonyl (C=O) groups excluding carboxylic acids is 2. The van der Waals surface area contributed by atoms with Crippen LogP contribution in [0.3, 0.4) is 0 Å². The van der Waals surface area contributed by atoms with Crippen molar-refractivity contribution in [3.8, 4) is 11.6 Å². The lowest BCUT2D eigenvalue weighted by Crippen LogP contribution is -2.29. The quantitative estimate of drug-likeness (QED) is 0.600. The van der Waals surface area contributed by atoms with Gasteiger partial charge in [-0.2, -0.15) is 0 Å². The van der Waals surface area contributed by atoms with Gasteiger partial charge in [0.25, 0.3) is 5.91 Å². The van der Waals surface area contributed by atoms with Crippen LogP contribution in [-0.4, -0.2) is 35.1 Å². The highest BCUT2D eigenvalue weighted by Gasteiger charge is 2.15. The lowest BCUT2D eigenvalue weighted by Gasteiger charge is -2.04. The zero-order valence-corrected chi connectivity index (χ0v) is 16.3. The van der Waals surface area contributed by atoms with Gasteiger partial charge < -0.3 is 19.7 Å². The fourth-order valence-corrected chi connectivity index (χ4v) is 3.00. The Bertz CT molecular complexity index is 1050. The van der Waals surface area contributed by atoms with E-state index in [-0.39, 0.29) is 30.4 Å². The average molecular weight is 394 g/mol. The molecule has 0 aliphatic carbocycles. The molecule has 3 rings (SSSR count). The first-order chi connectivity index (χ1) is 14.0. The minimum atomic E-state index is -0.610. The molecule has 0 radical (unpaired) electrons. The molecule has 1 heterocycles. The maximum Gasteiger partial charge on any atom is 0.283 e. The molecule has 150 valence electrons. The molecule has 2 N–H and O–H groups in total. The van der Waals surface area contributed by atoms with Gasteiger partial charge in [-0.05, 0) is 30.7 Å². The van der Waals surface area contributed by atoms with Crippen LogP contribution in [0, 0.1) is 0 Å². The number of ether oxygens (including phenoxy) is 1. The van der Waals surface area contributed by atoms with E-state index < -0.39 is 5.91 Å². The smallest absolute Gasteiger partial charge is 0.283 e. The van der Waals surface area contributed by atoms with Crippen LogP contribution in [0.1, 0.15) is 12.5 Å². The van der Waals surface area contributed by atoms with Gasteiger partial charge in [0, 0.05) is 11.9 Å². The predicted molar refractivity (Wildman–Crippen MR) is 109 cm³/mol. The average Bonchev–Trinajstić information content (AvgIpc) is 3.01. The number of nitrogens with one attached hydrogen (secondary N) is 1. The third-order valence-electron chi connectivity index (χ3n) is 4.46. The number of azo groups is 1. The molecular formula is C21H22N4O4. The van der Waals surface area contributed by atoms with Gasteiger partial charge in [-0.3, -0.25) is 9.59 Å². The molecule has 3 aromatic rings. The molecule has 0 aliphatic rings. The van der Waals surface area contributed by atoms with Crippen LogP contribution >= 0.6 is 0 Å². The topological polar surface area (TPSA) is 105 Å². The minimum Gasteiger partial charge on any atom is -0.497 e. The number of methoxy groups -OCH3 is 1. The van der Waals surface area contributed by atoms with Gasteiger partial charge >= 0.3 is 0 Å². The zero-order chi connectivity index (χ0) is 20.8. The second-order valence-electron chi connectivity index (χ2n) is 6.33. The Morgan fingerprint density at radius 1 is 1.14 bits per heavy atom. The van der Waals surface area contributed by atoms with Crippen LogP contribution in [-0.2, 0) is 22.6 Å². The molecule has 0 spiro atoms. The lowest BCUT2D eigenvalue weighted by molar-refractivity contribution is -0.124. The van der Waals surface area contributed by atoms with Crippen molar-refractivity contribution in [3.05, 3.63) is 54.1 Å². The normalized spacial score (nSPS) is 11.1. The summed E-state index contributed by atoms with van der Waals surface area (Å²) in [4.78, 5) is 24.0. The van der Waals surface area contributed by atoms with Crippen molar-refractivity contribution >= 4 is 28.4 Å². The second-order valence-corrected chi connectivity index (χ2v) is 6.33. The monoisotopic (exact) mass is 394 g/mol. The maximum atomic E-state index is 12.0. The zero-order valence-electron chi connectivity index (χ0n) is 16.3. The lowest BCUT2D eigenvalue weighted by atomic mass is 10.1. The van der Waals surface area contributed by atoms with Crippen molar-refractivity contribution in [2.75, 3.05) is 13.7 Å². The van der Waals surface area contributed by atoms with Gasteiger partial charge in [-0.1, -0.05) is 30.3 Å². The number of rotatable bonds is 7. The van der Waals surface area contributed by atoms with E-state index in [1.54, 1.807) is 42.0 Å². The molecule has 0 unspecified atom stereocenters. The second kappa shape index (κ2) is 9.01. The number of hydrogen-bond acceptors (Lipinski definition) is 5. The highest BCUT2D eigenvalue weighted by molar-refractivity contribution is 5.95. The Hall–Kier alpha value is -3.68. The summed E-state index contributed by atoms with van der Waals surface area (Å²) in [6.45, 7) is 2.18. The first-order valence-electron chi connectivity index (χ1n) is 9.17. The number of benzene rings is 2. The van der Waals surface area contributed by atoms with Crippen LogP contribution in [0.5, 0.6) is 11.6 Å². The van der Waals surface area contributed by atoms with Gasteiger partial charge in [0.05, 0.1) is 19.0 Å². The van der Waals surface area contributed by atoms with Crippen molar-refractivity contribution < 1.29 is 19.4 Å². The van der Waals surface area contributed by atoms with E-state index in [2.05, 4.69) is 15.5 Å². The van der Waals surface area contributed by atoms with Gasteiger partial charge in [0.2, 0.25) is 11.8 Å². The SMILES string of the molecule is CCn1c(O)c(N=NC(=O)CNC(=O)Cc2ccc(OC)cc2)c2ccccc21. The Kier molecular flexibility index (Phi) is 6.23. The summed E-state index contributed by atoms with van der Waals surface area (Å²) in [5, 5.41) is 21.1. The Balaban J connectivity index is 1.61. The highest BCUT2D eigenvalue weighted by Crippen LogP contribution is 2.38. The van der Waals surface area contributed by atoms with Crippen molar-refractivity contribution in [1.29, 1.82) is 0 Å². The van der Waals surface area contributed by atoms with E-state index in [0.717, 1.165) is 11.1 Å². The summed E-state index contributed by atoms with van der Waals surface area (Å²) < 4.78 is 6.76. The van der Waals surface area contributed by atoms with Crippen LogP contribution in [0.25, 0.3) is 10.9 Å². The number of fused-ring (bicyclic) bond motifs is 1. The first kappa shape index (κ1) is 20.1.